The Morgan fingerprint density at radius 2 is 1.70 bits per heavy atom. The van der Waals surface area contributed by atoms with E-state index >= 15 is 0 Å². The first kappa shape index (κ1) is 21.2. The summed E-state index contributed by atoms with van der Waals surface area (Å²) in [6, 6.07) is 13.9. The topological polar surface area (TPSA) is 102 Å². The molecule has 3 rings (SSSR count). The number of ether oxygens (including phenoxy) is 1. The second-order valence-corrected chi connectivity index (χ2v) is 7.33. The highest BCUT2D eigenvalue weighted by molar-refractivity contribution is 5.99. The lowest BCUT2D eigenvalue weighted by Crippen LogP contribution is -2.25. The Bertz CT molecular complexity index is 948. The molecule has 0 heterocycles. The highest BCUT2D eigenvalue weighted by Crippen LogP contribution is 2.20. The summed E-state index contributed by atoms with van der Waals surface area (Å²) in [5, 5.41) is 5.47. The van der Waals surface area contributed by atoms with Crippen LogP contribution in [0, 0.1) is 6.92 Å². The van der Waals surface area contributed by atoms with Crippen molar-refractivity contribution in [3.8, 4) is 0 Å². The Hall–Kier alpha value is -3.48. The first-order chi connectivity index (χ1) is 14.4. The predicted molar refractivity (Wildman–Crippen MR) is 111 cm³/mol. The molecule has 0 spiro atoms. The van der Waals surface area contributed by atoms with Gasteiger partial charge in [-0.25, -0.2) is 0 Å². The molecule has 30 heavy (non-hydrogen) atoms. The highest BCUT2D eigenvalue weighted by atomic mass is 16.5. The molecule has 2 aromatic rings. The van der Waals surface area contributed by atoms with Crippen LogP contribution in [0.25, 0.3) is 0 Å². The zero-order chi connectivity index (χ0) is 21.5. The van der Waals surface area contributed by atoms with Crippen molar-refractivity contribution in [2.24, 2.45) is 0 Å². The van der Waals surface area contributed by atoms with E-state index in [4.69, 9.17) is 4.74 Å². The summed E-state index contributed by atoms with van der Waals surface area (Å²) in [5.41, 5.74) is 2.48. The van der Waals surface area contributed by atoms with E-state index in [1.807, 2.05) is 19.1 Å². The quantitative estimate of drug-likeness (QED) is 0.491. The lowest BCUT2D eigenvalue weighted by molar-refractivity contribution is -0.147. The van der Waals surface area contributed by atoms with Crippen molar-refractivity contribution in [3.63, 3.8) is 0 Å². The summed E-state index contributed by atoms with van der Waals surface area (Å²) >= 11 is 0. The number of amides is 2. The monoisotopic (exact) mass is 408 g/mol. The third-order valence-electron chi connectivity index (χ3n) is 4.62. The van der Waals surface area contributed by atoms with Gasteiger partial charge in [0.05, 0.1) is 6.42 Å². The molecular formula is C23H24N2O5. The Kier molecular flexibility index (Phi) is 6.95. The number of nitrogens with one attached hydrogen (secondary N) is 2. The number of carbonyl (C=O) groups is 4. The molecule has 2 amide bonds. The molecule has 1 aliphatic rings. The normalized spacial score (nSPS) is 12.7. The van der Waals surface area contributed by atoms with Gasteiger partial charge in [0.25, 0.3) is 11.8 Å². The van der Waals surface area contributed by atoms with Crippen LogP contribution in [0.1, 0.15) is 52.0 Å². The number of rotatable bonds is 9. The van der Waals surface area contributed by atoms with E-state index in [0.29, 0.717) is 16.8 Å². The number of anilines is 1. The van der Waals surface area contributed by atoms with Gasteiger partial charge in [-0.05, 0) is 38.0 Å². The van der Waals surface area contributed by atoms with Crippen molar-refractivity contribution in [1.82, 2.24) is 5.32 Å². The van der Waals surface area contributed by atoms with Crippen molar-refractivity contribution in [1.29, 1.82) is 0 Å². The SMILES string of the molecule is Cc1ccc(C(=O)CCC(=O)OCC(=O)Nc2cccc(C(=O)NC3CC3)c2)cc1. The van der Waals surface area contributed by atoms with Crippen LogP contribution in [0.5, 0.6) is 0 Å². The van der Waals surface area contributed by atoms with E-state index in [9.17, 15) is 19.2 Å². The molecule has 7 nitrogen and oxygen atoms in total. The van der Waals surface area contributed by atoms with Gasteiger partial charge in [-0.3, -0.25) is 19.2 Å². The summed E-state index contributed by atoms with van der Waals surface area (Å²) in [6.07, 6.45) is 1.90. The smallest absolute Gasteiger partial charge is 0.306 e. The number of aryl methyl sites for hydroxylation is 1. The molecular weight excluding hydrogens is 384 g/mol. The van der Waals surface area contributed by atoms with Gasteiger partial charge in [0, 0.05) is 29.3 Å². The molecule has 2 aromatic carbocycles. The van der Waals surface area contributed by atoms with Crippen LogP contribution < -0.4 is 10.6 Å². The predicted octanol–water partition coefficient (Wildman–Crippen LogP) is 3.03. The number of hydrogen-bond acceptors (Lipinski definition) is 5. The minimum Gasteiger partial charge on any atom is -0.456 e. The Labute approximate surface area is 174 Å². The minimum absolute atomic E-state index is 0.0155. The first-order valence-corrected chi connectivity index (χ1v) is 9.87. The fourth-order valence-corrected chi connectivity index (χ4v) is 2.75. The molecule has 0 saturated heterocycles. The van der Waals surface area contributed by atoms with Crippen LogP contribution in [0.3, 0.4) is 0 Å². The summed E-state index contributed by atoms with van der Waals surface area (Å²) in [4.78, 5) is 48.0. The molecule has 2 N–H and O–H groups in total. The maximum Gasteiger partial charge on any atom is 0.306 e. The molecule has 0 radical (unpaired) electrons. The van der Waals surface area contributed by atoms with Crippen molar-refractivity contribution in [2.45, 2.75) is 38.6 Å². The molecule has 156 valence electrons. The van der Waals surface area contributed by atoms with E-state index in [0.717, 1.165) is 18.4 Å². The third kappa shape index (κ3) is 6.55. The number of ketones is 1. The maximum atomic E-state index is 12.1. The molecule has 0 atom stereocenters. The van der Waals surface area contributed by atoms with E-state index in [1.54, 1.807) is 36.4 Å². The van der Waals surface area contributed by atoms with Gasteiger partial charge < -0.3 is 15.4 Å². The van der Waals surface area contributed by atoms with Crippen LogP contribution in [-0.2, 0) is 14.3 Å². The molecule has 1 fully saturated rings. The average Bonchev–Trinajstić information content (AvgIpc) is 3.55. The second kappa shape index (κ2) is 9.82. The summed E-state index contributed by atoms with van der Waals surface area (Å²) in [7, 11) is 0. The van der Waals surface area contributed by atoms with Crippen molar-refractivity contribution < 1.29 is 23.9 Å². The summed E-state index contributed by atoms with van der Waals surface area (Å²) in [5.74, 6) is -1.48. The number of carbonyl (C=O) groups excluding carboxylic acids is 4. The zero-order valence-corrected chi connectivity index (χ0v) is 16.8. The van der Waals surface area contributed by atoms with Gasteiger partial charge >= 0.3 is 5.97 Å². The van der Waals surface area contributed by atoms with Gasteiger partial charge in [-0.15, -0.1) is 0 Å². The standard InChI is InChI=1S/C23H24N2O5/c1-15-5-7-16(8-6-15)20(26)11-12-22(28)30-14-21(27)24-19-4-2-3-17(13-19)23(29)25-18-9-10-18/h2-8,13,18H,9-12,14H2,1H3,(H,24,27)(H,25,29). The van der Waals surface area contributed by atoms with Crippen molar-refractivity contribution in [3.05, 3.63) is 65.2 Å². The molecule has 7 heteroatoms. The largest absolute Gasteiger partial charge is 0.456 e. The van der Waals surface area contributed by atoms with E-state index in [2.05, 4.69) is 10.6 Å². The van der Waals surface area contributed by atoms with E-state index in [1.165, 1.54) is 0 Å². The molecule has 0 bridgehead atoms. The lowest BCUT2D eigenvalue weighted by Gasteiger charge is -2.08. The fraction of sp³-hybridized carbons (Fsp3) is 0.304. The van der Waals surface area contributed by atoms with Gasteiger partial charge in [-0.1, -0.05) is 35.9 Å². The summed E-state index contributed by atoms with van der Waals surface area (Å²) < 4.78 is 4.94. The van der Waals surface area contributed by atoms with Crippen LogP contribution in [0.15, 0.2) is 48.5 Å². The maximum absolute atomic E-state index is 12.1. The zero-order valence-electron chi connectivity index (χ0n) is 16.8. The van der Waals surface area contributed by atoms with Crippen LogP contribution >= 0.6 is 0 Å². The van der Waals surface area contributed by atoms with E-state index < -0.39 is 18.5 Å². The molecule has 0 aliphatic heterocycles. The lowest BCUT2D eigenvalue weighted by atomic mass is 10.1. The second-order valence-electron chi connectivity index (χ2n) is 7.33. The van der Waals surface area contributed by atoms with Gasteiger partial charge in [0.2, 0.25) is 0 Å². The van der Waals surface area contributed by atoms with Crippen molar-refractivity contribution in [2.75, 3.05) is 11.9 Å². The first-order valence-electron chi connectivity index (χ1n) is 9.87. The van der Waals surface area contributed by atoms with Gasteiger partial charge in [0.15, 0.2) is 12.4 Å². The van der Waals surface area contributed by atoms with Crippen LogP contribution in [0.4, 0.5) is 5.69 Å². The van der Waals surface area contributed by atoms with Gasteiger partial charge in [-0.2, -0.15) is 0 Å². The molecule has 0 aromatic heterocycles. The summed E-state index contributed by atoms with van der Waals surface area (Å²) in [6.45, 7) is 1.46. The Morgan fingerprint density at radius 3 is 2.40 bits per heavy atom. The van der Waals surface area contributed by atoms with Gasteiger partial charge in [0.1, 0.15) is 0 Å². The highest BCUT2D eigenvalue weighted by Gasteiger charge is 2.23. The van der Waals surface area contributed by atoms with Crippen LogP contribution in [-0.4, -0.2) is 36.2 Å². The number of benzene rings is 2. The molecule has 1 aliphatic carbocycles. The number of Topliss-reactive ketones (excluding diaryl/α,β-unsaturated/α-hetero) is 1. The Morgan fingerprint density at radius 1 is 0.967 bits per heavy atom. The van der Waals surface area contributed by atoms with Crippen LogP contribution in [0.2, 0.25) is 0 Å². The number of hydrogen-bond donors (Lipinski definition) is 2. The van der Waals surface area contributed by atoms with Crippen molar-refractivity contribution >= 4 is 29.3 Å². The number of esters is 1. The fourth-order valence-electron chi connectivity index (χ4n) is 2.75. The Balaban J connectivity index is 1.40. The minimum atomic E-state index is -0.622. The molecule has 0 unspecified atom stereocenters. The van der Waals surface area contributed by atoms with E-state index in [-0.39, 0.29) is 30.6 Å². The average molecular weight is 408 g/mol. The molecule has 1 saturated carbocycles. The third-order valence-corrected chi connectivity index (χ3v) is 4.62.